The second-order valence-electron chi connectivity index (χ2n) is 13.3. The van der Waals surface area contributed by atoms with Gasteiger partial charge in [0.1, 0.15) is 5.75 Å². The summed E-state index contributed by atoms with van der Waals surface area (Å²) < 4.78 is 26.5. The molecular formula is C42H42GeIrN2OS-2. The Labute approximate surface area is 308 Å². The molecule has 0 fully saturated rings. The van der Waals surface area contributed by atoms with Gasteiger partial charge in [-0.2, -0.15) is 11.3 Å². The van der Waals surface area contributed by atoms with E-state index in [0.717, 1.165) is 49.5 Å². The van der Waals surface area contributed by atoms with Crippen LogP contribution in [-0.4, -0.2) is 30.3 Å². The van der Waals surface area contributed by atoms with Crippen LogP contribution in [0, 0.1) is 12.1 Å². The summed E-state index contributed by atoms with van der Waals surface area (Å²) in [6, 6.07) is 35.5. The average molecular weight is 890 g/mol. The third-order valence-corrected chi connectivity index (χ3v) is 14.0. The first-order valence-electron chi connectivity index (χ1n) is 16.9. The van der Waals surface area contributed by atoms with E-state index in [4.69, 9.17) is 12.5 Å². The van der Waals surface area contributed by atoms with Crippen LogP contribution in [0.2, 0.25) is 17.3 Å². The van der Waals surface area contributed by atoms with Crippen molar-refractivity contribution >= 4 is 59.9 Å². The number of benzene rings is 4. The summed E-state index contributed by atoms with van der Waals surface area (Å²) in [7, 11) is 1.69. The first-order valence-corrected chi connectivity index (χ1v) is 24.1. The van der Waals surface area contributed by atoms with Crippen molar-refractivity contribution in [3.8, 4) is 28.3 Å². The van der Waals surface area contributed by atoms with Gasteiger partial charge < -0.3 is 9.72 Å². The van der Waals surface area contributed by atoms with Gasteiger partial charge in [0.25, 0.3) is 0 Å². The van der Waals surface area contributed by atoms with Crippen LogP contribution in [0.4, 0.5) is 0 Å². The van der Waals surface area contributed by atoms with Gasteiger partial charge in [-0.25, -0.2) is 0 Å². The van der Waals surface area contributed by atoms with E-state index in [1.165, 1.54) is 25.3 Å². The summed E-state index contributed by atoms with van der Waals surface area (Å²) in [5.41, 5.74) is 5.43. The number of thiophene rings is 1. The Hall–Kier alpha value is -3.35. The largest absolute Gasteiger partial charge is 0 e. The van der Waals surface area contributed by atoms with Crippen molar-refractivity contribution < 1.29 is 27.6 Å². The van der Waals surface area contributed by atoms with E-state index in [1.54, 1.807) is 24.6 Å². The van der Waals surface area contributed by atoms with E-state index in [9.17, 15) is 0 Å². The van der Waals surface area contributed by atoms with Gasteiger partial charge in [0.15, 0.2) is 0 Å². The molecule has 6 heteroatoms. The number of hydrogen-bond acceptors (Lipinski definition) is 4. The van der Waals surface area contributed by atoms with E-state index in [0.29, 0.717) is 0 Å². The van der Waals surface area contributed by atoms with E-state index < -0.39 is 25.1 Å². The van der Waals surface area contributed by atoms with Gasteiger partial charge >= 0.3 is 99.8 Å². The molecule has 0 bridgehead atoms. The normalized spacial score (nSPS) is 12.6. The molecule has 0 saturated heterocycles. The summed E-state index contributed by atoms with van der Waals surface area (Å²) in [5.74, 6) is 6.33. The summed E-state index contributed by atoms with van der Waals surface area (Å²) in [6.45, 7) is 7.42. The van der Waals surface area contributed by atoms with E-state index in [-0.39, 0.29) is 20.1 Å². The topological polar surface area (TPSA) is 35.0 Å². The third kappa shape index (κ3) is 7.45. The standard InChI is InChI=1S/C28H26NOS.C14H16GeN.Ir/c1-16(2)24-14-26(29-15-25(24)17(3)4)23-8-6-7-21-22-11-9-18-13-19(30-5)10-12-20(18)27(22)31-28(21)23;1-15(2,3)13-9-10-14(16-11-13)12-7-5-4-6-8-12;/h6-7,9-17H,1-5H3;4-7,9-11H,1-3H3;/q2*-1;/i16D,17D;;. The molecule has 1 radical (unpaired) electrons. The van der Waals surface area contributed by atoms with E-state index >= 15 is 0 Å². The molecule has 48 heavy (non-hydrogen) atoms. The van der Waals surface area contributed by atoms with Crippen molar-refractivity contribution in [3.05, 3.63) is 121 Å². The van der Waals surface area contributed by atoms with Crippen molar-refractivity contribution in [1.29, 1.82) is 0 Å². The molecule has 0 atom stereocenters. The number of nitrogens with zero attached hydrogens (tertiary/aromatic N) is 2. The molecule has 0 aliphatic carbocycles. The van der Waals surface area contributed by atoms with Gasteiger partial charge in [-0.05, 0) is 67.7 Å². The fourth-order valence-corrected chi connectivity index (χ4v) is 9.29. The van der Waals surface area contributed by atoms with Crippen molar-refractivity contribution in [2.75, 3.05) is 7.11 Å². The van der Waals surface area contributed by atoms with Gasteiger partial charge in [0.05, 0.1) is 7.11 Å². The Balaban J connectivity index is 0.000000241. The van der Waals surface area contributed by atoms with Gasteiger partial charge in [-0.3, -0.25) is 0 Å². The zero-order valence-electron chi connectivity index (χ0n) is 30.8. The van der Waals surface area contributed by atoms with E-state index in [1.807, 2.05) is 76.4 Å². The smallest absolute Gasteiger partial charge is 0 e. The van der Waals surface area contributed by atoms with Crippen molar-refractivity contribution in [2.45, 2.75) is 56.8 Å². The van der Waals surface area contributed by atoms with Gasteiger partial charge in [0, 0.05) is 33.7 Å². The molecule has 0 unspecified atom stereocenters. The summed E-state index contributed by atoms with van der Waals surface area (Å²) in [5, 5.41) is 4.75. The molecule has 247 valence electrons. The first-order chi connectivity index (χ1) is 23.1. The molecule has 0 saturated carbocycles. The van der Waals surface area contributed by atoms with Crippen molar-refractivity contribution in [3.63, 3.8) is 0 Å². The molecule has 0 aliphatic rings. The quantitative estimate of drug-likeness (QED) is 0.123. The Bertz CT molecular complexity index is 2270. The SMILES string of the molecule is [2H]C(C)(C)c1cnc(-c2[c-]ccc3c2sc2c4ccc(OC)cc4ccc32)cc1C([2H])(C)C.[CH3][Ge]([CH3])([CH3])[c]1ccc(-c2[c-]cccc2)nc1.[Ir]. The molecule has 7 rings (SSSR count). The molecular weight excluding hydrogens is 845 g/mol. The first kappa shape index (κ1) is 33.2. The number of methoxy groups -OCH3 is 1. The number of aromatic nitrogens is 2. The van der Waals surface area contributed by atoms with Crippen LogP contribution in [0.25, 0.3) is 53.5 Å². The van der Waals surface area contributed by atoms with E-state index in [2.05, 4.69) is 76.8 Å². The Morgan fingerprint density at radius 2 is 1.46 bits per heavy atom. The molecule has 4 aromatic carbocycles. The minimum atomic E-state index is -1.72. The summed E-state index contributed by atoms with van der Waals surface area (Å²) in [6.07, 6.45) is 3.81. The molecule has 0 aliphatic heterocycles. The molecule has 7 aromatic rings. The van der Waals surface area contributed by atoms with Crippen LogP contribution in [0.1, 0.15) is 53.4 Å². The Morgan fingerprint density at radius 3 is 2.10 bits per heavy atom. The predicted octanol–water partition coefficient (Wildman–Crippen LogP) is 11.4. The molecule has 0 N–H and O–H groups in total. The summed E-state index contributed by atoms with van der Waals surface area (Å²) in [4.78, 5) is 9.28. The van der Waals surface area contributed by atoms with Crippen molar-refractivity contribution in [1.82, 2.24) is 9.97 Å². The minimum absolute atomic E-state index is 0. The number of fused-ring (bicyclic) bond motifs is 5. The Morgan fingerprint density at radius 1 is 0.729 bits per heavy atom. The van der Waals surface area contributed by atoms with Crippen LogP contribution >= 0.6 is 11.3 Å². The maximum Gasteiger partial charge on any atom is 0 e. The molecule has 3 aromatic heterocycles. The third-order valence-electron chi connectivity index (χ3n) is 8.47. The second kappa shape index (κ2) is 15.0. The van der Waals surface area contributed by atoms with Crippen LogP contribution < -0.4 is 9.13 Å². The van der Waals surface area contributed by atoms with Crippen LogP contribution in [0.15, 0.2) is 97.3 Å². The van der Waals surface area contributed by atoms with Gasteiger partial charge in [-0.1, -0.05) is 51.3 Å². The maximum atomic E-state index is 8.70. The number of hydrogen-bond donors (Lipinski definition) is 0. The van der Waals surface area contributed by atoms with Crippen LogP contribution in [-0.2, 0) is 20.1 Å². The van der Waals surface area contributed by atoms with Gasteiger partial charge in [-0.15, -0.1) is 23.8 Å². The van der Waals surface area contributed by atoms with Gasteiger partial charge in [0.2, 0.25) is 0 Å². The molecule has 0 amide bonds. The number of rotatable bonds is 6. The molecule has 3 heterocycles. The van der Waals surface area contributed by atoms with Crippen LogP contribution in [0.5, 0.6) is 5.75 Å². The maximum absolute atomic E-state index is 8.70. The van der Waals surface area contributed by atoms with Crippen LogP contribution in [0.3, 0.4) is 0 Å². The Kier molecular flexibility index (Phi) is 10.4. The van der Waals surface area contributed by atoms with Crippen molar-refractivity contribution in [2.24, 2.45) is 0 Å². The zero-order valence-corrected chi connectivity index (χ0v) is 34.1. The zero-order chi connectivity index (χ0) is 35.1. The monoisotopic (exact) mass is 891 g/mol. The second-order valence-corrected chi connectivity index (χ2v) is 25.0. The predicted molar refractivity (Wildman–Crippen MR) is 205 cm³/mol. The fourth-order valence-electron chi connectivity index (χ4n) is 5.78. The molecule has 0 spiro atoms. The minimum Gasteiger partial charge on any atom is 0 e. The summed E-state index contributed by atoms with van der Waals surface area (Å²) >= 11 is 0.0373. The average Bonchev–Trinajstić information content (AvgIpc) is 3.47. The number of ether oxygens (including phenoxy) is 1. The fraction of sp³-hybridized carbons (Fsp3) is 0.238. The molecule has 3 nitrogen and oxygen atoms in total. The number of pyridine rings is 2.